The number of rotatable bonds is 9. The number of ether oxygens (including phenoxy) is 2. The van der Waals surface area contributed by atoms with Gasteiger partial charge in [-0.1, -0.05) is 25.1 Å². The molecule has 0 saturated heterocycles. The Labute approximate surface area is 172 Å². The molecule has 0 unspecified atom stereocenters. The number of carbonyl (C=O) groups excluding carboxylic acids is 1. The molecule has 0 atom stereocenters. The minimum absolute atomic E-state index is 0.0736. The maximum absolute atomic E-state index is 12.5. The van der Waals surface area contributed by atoms with Gasteiger partial charge in [0, 0.05) is 11.2 Å². The van der Waals surface area contributed by atoms with Crippen molar-refractivity contribution < 1.29 is 22.7 Å². The van der Waals surface area contributed by atoms with Crippen LogP contribution < -0.4 is 19.5 Å². The van der Waals surface area contributed by atoms with Crippen molar-refractivity contribution >= 4 is 21.6 Å². The normalized spacial score (nSPS) is 11.7. The summed E-state index contributed by atoms with van der Waals surface area (Å²) >= 11 is 0. The van der Waals surface area contributed by atoms with Crippen LogP contribution in [0.25, 0.3) is 0 Å². The van der Waals surface area contributed by atoms with E-state index in [1.54, 1.807) is 51.1 Å². The van der Waals surface area contributed by atoms with Crippen molar-refractivity contribution in [3.8, 4) is 11.5 Å². The van der Waals surface area contributed by atoms with Gasteiger partial charge in [-0.05, 0) is 57.5 Å². The number of anilines is 1. The lowest BCUT2D eigenvalue weighted by Gasteiger charge is -2.20. The first-order chi connectivity index (χ1) is 13.6. The van der Waals surface area contributed by atoms with Crippen molar-refractivity contribution in [1.29, 1.82) is 0 Å². The average Bonchev–Trinajstić information content (AvgIpc) is 2.63. The largest absolute Gasteiger partial charge is 0.490 e. The summed E-state index contributed by atoms with van der Waals surface area (Å²) < 4.78 is 38.7. The number of hydrogen-bond acceptors (Lipinski definition) is 5. The molecule has 0 aliphatic carbocycles. The van der Waals surface area contributed by atoms with Crippen LogP contribution in [0.15, 0.2) is 53.4 Å². The quantitative estimate of drug-likeness (QED) is 0.647. The third-order valence-corrected chi connectivity index (χ3v) is 5.29. The number of para-hydroxylation sites is 2. The van der Waals surface area contributed by atoms with E-state index in [2.05, 4.69) is 10.0 Å². The third-order valence-electron chi connectivity index (χ3n) is 3.54. The van der Waals surface area contributed by atoms with Gasteiger partial charge in [0.25, 0.3) is 5.91 Å². The Kier molecular flexibility index (Phi) is 7.64. The van der Waals surface area contributed by atoms with Gasteiger partial charge in [0.05, 0.1) is 11.5 Å². The van der Waals surface area contributed by atoms with Gasteiger partial charge >= 0.3 is 0 Å². The van der Waals surface area contributed by atoms with E-state index in [1.807, 2.05) is 13.0 Å². The molecule has 1 amide bonds. The summed E-state index contributed by atoms with van der Waals surface area (Å²) in [4.78, 5) is 12.3. The molecule has 7 nitrogen and oxygen atoms in total. The van der Waals surface area contributed by atoms with Crippen molar-refractivity contribution in [3.63, 3.8) is 0 Å². The van der Waals surface area contributed by atoms with Gasteiger partial charge in [0.15, 0.2) is 18.1 Å². The van der Waals surface area contributed by atoms with E-state index in [4.69, 9.17) is 9.47 Å². The standard InChI is InChI=1S/C21H28N2O5S/c1-5-13-27-18-11-6-7-12-19(18)28-15-20(24)22-16-9-8-10-17(14-16)29(25,26)23-21(2,3)4/h6-12,14,23H,5,13,15H2,1-4H3,(H,22,24). The number of nitrogens with one attached hydrogen (secondary N) is 2. The molecule has 0 saturated carbocycles. The molecule has 0 aromatic heterocycles. The average molecular weight is 421 g/mol. The minimum Gasteiger partial charge on any atom is -0.490 e. The van der Waals surface area contributed by atoms with Crippen LogP contribution in [0.2, 0.25) is 0 Å². The highest BCUT2D eigenvalue weighted by molar-refractivity contribution is 7.89. The second-order valence-electron chi connectivity index (χ2n) is 7.52. The predicted octanol–water partition coefficient (Wildman–Crippen LogP) is 3.57. The molecule has 0 radical (unpaired) electrons. The van der Waals surface area contributed by atoms with Crippen LogP contribution in [-0.2, 0) is 14.8 Å². The Balaban J connectivity index is 2.02. The fourth-order valence-electron chi connectivity index (χ4n) is 2.44. The van der Waals surface area contributed by atoms with Crippen LogP contribution in [0.3, 0.4) is 0 Å². The first kappa shape index (κ1) is 22.7. The third kappa shape index (κ3) is 7.40. The highest BCUT2D eigenvalue weighted by Gasteiger charge is 2.22. The summed E-state index contributed by atoms with van der Waals surface area (Å²) in [5.41, 5.74) is -0.245. The van der Waals surface area contributed by atoms with Gasteiger partial charge in [-0.15, -0.1) is 0 Å². The maximum Gasteiger partial charge on any atom is 0.262 e. The molecule has 0 aliphatic rings. The van der Waals surface area contributed by atoms with E-state index in [0.29, 0.717) is 23.8 Å². The number of sulfonamides is 1. The Morgan fingerprint density at radius 3 is 2.28 bits per heavy atom. The molecule has 2 aromatic rings. The smallest absolute Gasteiger partial charge is 0.262 e. The van der Waals surface area contributed by atoms with Gasteiger partial charge in [-0.3, -0.25) is 4.79 Å². The highest BCUT2D eigenvalue weighted by Crippen LogP contribution is 2.26. The predicted molar refractivity (Wildman–Crippen MR) is 113 cm³/mol. The van der Waals surface area contributed by atoms with Crippen molar-refractivity contribution in [3.05, 3.63) is 48.5 Å². The molecule has 2 rings (SSSR count). The van der Waals surface area contributed by atoms with Crippen LogP contribution >= 0.6 is 0 Å². The second kappa shape index (κ2) is 9.76. The minimum atomic E-state index is -3.70. The molecule has 2 aromatic carbocycles. The molecule has 0 bridgehead atoms. The molecule has 158 valence electrons. The van der Waals surface area contributed by atoms with Crippen molar-refractivity contribution in [2.75, 3.05) is 18.5 Å². The molecule has 0 heterocycles. The Morgan fingerprint density at radius 1 is 1.00 bits per heavy atom. The number of amides is 1. The lowest BCUT2D eigenvalue weighted by Crippen LogP contribution is -2.40. The molecule has 8 heteroatoms. The summed E-state index contributed by atoms with van der Waals surface area (Å²) in [7, 11) is -3.70. The molecule has 29 heavy (non-hydrogen) atoms. The van der Waals surface area contributed by atoms with Gasteiger partial charge in [-0.25, -0.2) is 13.1 Å². The van der Waals surface area contributed by atoms with Crippen molar-refractivity contribution in [2.45, 2.75) is 44.6 Å². The van der Waals surface area contributed by atoms with Crippen LogP contribution in [0.1, 0.15) is 34.1 Å². The summed E-state index contributed by atoms with van der Waals surface area (Å²) in [5.74, 6) is 0.638. The van der Waals surface area contributed by atoms with E-state index in [9.17, 15) is 13.2 Å². The molecule has 2 N–H and O–H groups in total. The topological polar surface area (TPSA) is 93.7 Å². The van der Waals surface area contributed by atoms with E-state index in [1.165, 1.54) is 12.1 Å². The monoisotopic (exact) mass is 420 g/mol. The zero-order valence-electron chi connectivity index (χ0n) is 17.2. The fourth-order valence-corrected chi connectivity index (χ4v) is 3.91. The van der Waals surface area contributed by atoms with Gasteiger partial charge in [0.1, 0.15) is 0 Å². The lowest BCUT2D eigenvalue weighted by molar-refractivity contribution is -0.118. The van der Waals surface area contributed by atoms with Crippen molar-refractivity contribution in [2.24, 2.45) is 0 Å². The Hall–Kier alpha value is -2.58. The maximum atomic E-state index is 12.5. The van der Waals surface area contributed by atoms with E-state index < -0.39 is 21.5 Å². The van der Waals surface area contributed by atoms with Crippen LogP contribution in [0, 0.1) is 0 Å². The van der Waals surface area contributed by atoms with Gasteiger partial charge in [0.2, 0.25) is 10.0 Å². The first-order valence-corrected chi connectivity index (χ1v) is 10.9. The lowest BCUT2D eigenvalue weighted by atomic mass is 10.1. The number of benzene rings is 2. The summed E-state index contributed by atoms with van der Waals surface area (Å²) in [6, 6.07) is 13.2. The van der Waals surface area contributed by atoms with Crippen molar-refractivity contribution in [1.82, 2.24) is 4.72 Å². The molecule has 0 fully saturated rings. The fraction of sp³-hybridized carbons (Fsp3) is 0.381. The van der Waals surface area contributed by atoms with Crippen LogP contribution in [0.4, 0.5) is 5.69 Å². The highest BCUT2D eigenvalue weighted by atomic mass is 32.2. The van der Waals surface area contributed by atoms with Gasteiger partial charge < -0.3 is 14.8 Å². The molecule has 0 aliphatic heterocycles. The SMILES string of the molecule is CCCOc1ccccc1OCC(=O)Nc1cccc(S(=O)(=O)NC(C)(C)C)c1. The summed E-state index contributed by atoms with van der Waals surface area (Å²) in [6.45, 7) is 7.60. The molecular weight excluding hydrogens is 392 g/mol. The van der Waals surface area contributed by atoms with E-state index in [0.717, 1.165) is 6.42 Å². The first-order valence-electron chi connectivity index (χ1n) is 9.39. The number of hydrogen-bond donors (Lipinski definition) is 2. The van der Waals surface area contributed by atoms with E-state index >= 15 is 0 Å². The molecule has 0 spiro atoms. The Bertz CT molecular complexity index is 936. The summed E-state index contributed by atoms with van der Waals surface area (Å²) in [5, 5.41) is 2.65. The van der Waals surface area contributed by atoms with Crippen LogP contribution in [-0.4, -0.2) is 33.1 Å². The van der Waals surface area contributed by atoms with Gasteiger partial charge in [-0.2, -0.15) is 0 Å². The summed E-state index contributed by atoms with van der Waals surface area (Å²) in [6.07, 6.45) is 0.859. The second-order valence-corrected chi connectivity index (χ2v) is 9.20. The Morgan fingerprint density at radius 2 is 1.66 bits per heavy atom. The van der Waals surface area contributed by atoms with E-state index in [-0.39, 0.29) is 11.5 Å². The zero-order chi connectivity index (χ0) is 21.5. The zero-order valence-corrected chi connectivity index (χ0v) is 18.0. The molecular formula is C21H28N2O5S. The number of carbonyl (C=O) groups is 1. The van der Waals surface area contributed by atoms with Crippen LogP contribution in [0.5, 0.6) is 11.5 Å².